The van der Waals surface area contributed by atoms with Gasteiger partial charge >= 0.3 is 6.36 Å². The number of hydrogen-bond donors (Lipinski definition) is 0. The summed E-state index contributed by atoms with van der Waals surface area (Å²) in [6.45, 7) is 1.89. The minimum atomic E-state index is -4.81. The van der Waals surface area contributed by atoms with Crippen molar-refractivity contribution in [3.05, 3.63) is 53.6 Å². The first-order valence-corrected chi connectivity index (χ1v) is 5.76. The average molecular weight is 277 g/mol. The van der Waals surface area contributed by atoms with Crippen LogP contribution >= 0.6 is 0 Å². The molecule has 0 saturated carbocycles. The van der Waals surface area contributed by atoms with Crippen LogP contribution in [0.3, 0.4) is 0 Å². The van der Waals surface area contributed by atoms with Crippen LogP contribution in [0.15, 0.2) is 42.5 Å². The number of halogens is 3. The van der Waals surface area contributed by atoms with E-state index in [1.165, 1.54) is 12.1 Å². The average Bonchev–Trinajstić information content (AvgIpc) is 2.38. The van der Waals surface area contributed by atoms with Crippen LogP contribution in [-0.2, 0) is 0 Å². The lowest BCUT2D eigenvalue weighted by Gasteiger charge is -2.12. The van der Waals surface area contributed by atoms with E-state index in [4.69, 9.17) is 5.26 Å². The fraction of sp³-hybridized carbons (Fsp3) is 0.133. The van der Waals surface area contributed by atoms with E-state index in [-0.39, 0.29) is 5.56 Å². The molecule has 0 N–H and O–H groups in total. The van der Waals surface area contributed by atoms with Gasteiger partial charge in [0, 0.05) is 0 Å². The van der Waals surface area contributed by atoms with Crippen LogP contribution in [0.25, 0.3) is 11.1 Å². The second-order valence-electron chi connectivity index (χ2n) is 4.19. The molecular formula is C15H10F3NO. The van der Waals surface area contributed by atoms with Gasteiger partial charge in [-0.1, -0.05) is 30.3 Å². The first-order valence-electron chi connectivity index (χ1n) is 5.76. The van der Waals surface area contributed by atoms with Crippen molar-refractivity contribution in [3.63, 3.8) is 0 Å². The normalized spacial score (nSPS) is 10.9. The van der Waals surface area contributed by atoms with E-state index in [9.17, 15) is 13.2 Å². The molecule has 2 nitrogen and oxygen atoms in total. The maximum atomic E-state index is 12.2. The van der Waals surface area contributed by atoms with Gasteiger partial charge in [-0.2, -0.15) is 5.26 Å². The molecule has 0 bridgehead atoms. The lowest BCUT2D eigenvalue weighted by Crippen LogP contribution is -2.17. The van der Waals surface area contributed by atoms with Crippen molar-refractivity contribution in [2.75, 3.05) is 0 Å². The maximum absolute atomic E-state index is 12.2. The second-order valence-corrected chi connectivity index (χ2v) is 4.19. The van der Waals surface area contributed by atoms with Crippen molar-refractivity contribution in [2.24, 2.45) is 0 Å². The van der Waals surface area contributed by atoms with E-state index in [2.05, 4.69) is 4.74 Å². The molecule has 102 valence electrons. The van der Waals surface area contributed by atoms with Gasteiger partial charge in [0.05, 0.1) is 5.56 Å². The standard InChI is InChI=1S/C15H10F3NO/c1-10-4-2-3-5-13(10)11-6-7-14(12(8-11)9-19)20-15(16,17)18/h2-8H,1H3. The zero-order chi connectivity index (χ0) is 14.8. The summed E-state index contributed by atoms with van der Waals surface area (Å²) in [5.41, 5.74) is 2.36. The fourth-order valence-corrected chi connectivity index (χ4v) is 1.90. The Balaban J connectivity index is 2.46. The SMILES string of the molecule is Cc1ccccc1-c1ccc(OC(F)(F)F)c(C#N)c1. The topological polar surface area (TPSA) is 33.0 Å². The lowest BCUT2D eigenvalue weighted by atomic mass is 9.99. The number of ether oxygens (including phenoxy) is 1. The molecule has 0 unspecified atom stereocenters. The lowest BCUT2D eigenvalue weighted by molar-refractivity contribution is -0.274. The molecular weight excluding hydrogens is 267 g/mol. The van der Waals surface area contributed by atoms with Crippen molar-refractivity contribution in [2.45, 2.75) is 13.3 Å². The number of nitrogens with zero attached hydrogens (tertiary/aromatic N) is 1. The van der Waals surface area contributed by atoms with Gasteiger partial charge in [-0.15, -0.1) is 13.2 Å². The van der Waals surface area contributed by atoms with Crippen LogP contribution in [0.5, 0.6) is 5.75 Å². The van der Waals surface area contributed by atoms with Crippen molar-refractivity contribution >= 4 is 0 Å². The number of alkyl halides is 3. The van der Waals surface area contributed by atoms with Gasteiger partial charge in [0.15, 0.2) is 0 Å². The largest absolute Gasteiger partial charge is 0.573 e. The molecule has 0 radical (unpaired) electrons. The summed E-state index contributed by atoms with van der Waals surface area (Å²) in [4.78, 5) is 0. The monoisotopic (exact) mass is 277 g/mol. The van der Waals surface area contributed by atoms with Crippen molar-refractivity contribution in [3.8, 4) is 22.9 Å². The Kier molecular flexibility index (Phi) is 3.66. The molecule has 0 aliphatic rings. The number of nitriles is 1. The van der Waals surface area contributed by atoms with E-state index >= 15 is 0 Å². The van der Waals surface area contributed by atoms with Gasteiger partial charge in [0.25, 0.3) is 0 Å². The molecule has 0 saturated heterocycles. The van der Waals surface area contributed by atoms with Crippen molar-refractivity contribution in [1.29, 1.82) is 5.26 Å². The minimum Gasteiger partial charge on any atom is -0.404 e. The molecule has 2 aromatic carbocycles. The quantitative estimate of drug-likeness (QED) is 0.813. The van der Waals surface area contributed by atoms with Gasteiger partial charge in [-0.05, 0) is 35.7 Å². The summed E-state index contributed by atoms with van der Waals surface area (Å²) in [6, 6.07) is 13.2. The molecule has 0 atom stereocenters. The highest BCUT2D eigenvalue weighted by Gasteiger charge is 2.32. The molecule has 0 aliphatic carbocycles. The molecule has 0 amide bonds. The Morgan fingerprint density at radius 1 is 1.10 bits per heavy atom. The molecule has 20 heavy (non-hydrogen) atoms. The third kappa shape index (κ3) is 3.09. The Hall–Kier alpha value is -2.48. The van der Waals surface area contributed by atoms with E-state index < -0.39 is 12.1 Å². The summed E-state index contributed by atoms with van der Waals surface area (Å²) in [7, 11) is 0. The fourth-order valence-electron chi connectivity index (χ4n) is 1.90. The molecule has 2 aromatic rings. The summed E-state index contributed by atoms with van der Waals surface area (Å²) in [5.74, 6) is -0.489. The van der Waals surface area contributed by atoms with Gasteiger partial charge < -0.3 is 4.74 Å². The molecule has 0 fully saturated rings. The second kappa shape index (κ2) is 5.25. The van der Waals surface area contributed by atoms with Gasteiger partial charge in [-0.25, -0.2) is 0 Å². The Labute approximate surface area is 114 Å². The number of hydrogen-bond acceptors (Lipinski definition) is 2. The van der Waals surface area contributed by atoms with Gasteiger partial charge in [0.2, 0.25) is 0 Å². The molecule has 2 rings (SSSR count). The summed E-state index contributed by atoms with van der Waals surface area (Å²) < 4.78 is 40.5. The Bertz CT molecular complexity index is 672. The first kappa shape index (κ1) is 13.9. The molecule has 0 spiro atoms. The number of benzene rings is 2. The van der Waals surface area contributed by atoms with Crippen LogP contribution in [0.1, 0.15) is 11.1 Å². The van der Waals surface area contributed by atoms with E-state index in [1.807, 2.05) is 31.2 Å². The summed E-state index contributed by atoms with van der Waals surface area (Å²) in [5, 5.41) is 8.96. The third-order valence-corrected chi connectivity index (χ3v) is 2.78. The highest BCUT2D eigenvalue weighted by Crippen LogP contribution is 2.31. The first-order chi connectivity index (χ1) is 9.40. The molecule has 0 heterocycles. The van der Waals surface area contributed by atoms with E-state index in [0.717, 1.165) is 17.2 Å². The highest BCUT2D eigenvalue weighted by atomic mass is 19.4. The van der Waals surface area contributed by atoms with Crippen LogP contribution in [0.2, 0.25) is 0 Å². The zero-order valence-corrected chi connectivity index (χ0v) is 10.5. The van der Waals surface area contributed by atoms with Crippen molar-refractivity contribution in [1.82, 2.24) is 0 Å². The van der Waals surface area contributed by atoms with Crippen LogP contribution in [0.4, 0.5) is 13.2 Å². The summed E-state index contributed by atoms with van der Waals surface area (Å²) in [6.07, 6.45) is -4.81. The van der Waals surface area contributed by atoms with Crippen LogP contribution in [-0.4, -0.2) is 6.36 Å². The summed E-state index contributed by atoms with van der Waals surface area (Å²) >= 11 is 0. The van der Waals surface area contributed by atoms with Crippen LogP contribution in [0, 0.1) is 18.3 Å². The maximum Gasteiger partial charge on any atom is 0.573 e. The zero-order valence-electron chi connectivity index (χ0n) is 10.5. The smallest absolute Gasteiger partial charge is 0.404 e. The van der Waals surface area contributed by atoms with Crippen molar-refractivity contribution < 1.29 is 17.9 Å². The molecule has 0 aromatic heterocycles. The molecule has 5 heteroatoms. The van der Waals surface area contributed by atoms with Gasteiger partial charge in [0.1, 0.15) is 11.8 Å². The number of rotatable bonds is 2. The van der Waals surface area contributed by atoms with E-state index in [0.29, 0.717) is 5.56 Å². The van der Waals surface area contributed by atoms with E-state index in [1.54, 1.807) is 6.07 Å². The highest BCUT2D eigenvalue weighted by molar-refractivity contribution is 5.70. The minimum absolute atomic E-state index is 0.150. The van der Waals surface area contributed by atoms with Gasteiger partial charge in [-0.3, -0.25) is 0 Å². The Morgan fingerprint density at radius 2 is 1.80 bits per heavy atom. The van der Waals surface area contributed by atoms with Crippen LogP contribution < -0.4 is 4.74 Å². The Morgan fingerprint density at radius 3 is 2.40 bits per heavy atom. The third-order valence-electron chi connectivity index (χ3n) is 2.78. The molecule has 0 aliphatic heterocycles. The predicted octanol–water partition coefficient (Wildman–Crippen LogP) is 4.43. The number of aryl methyl sites for hydroxylation is 1. The predicted molar refractivity (Wildman–Crippen MR) is 68.0 cm³/mol.